The Labute approximate surface area is 130 Å². The van der Waals surface area contributed by atoms with Crippen molar-refractivity contribution >= 4 is 11.7 Å². The van der Waals surface area contributed by atoms with Gasteiger partial charge in [-0.2, -0.15) is 0 Å². The first-order valence-corrected chi connectivity index (χ1v) is 7.31. The summed E-state index contributed by atoms with van der Waals surface area (Å²) in [6.07, 6.45) is 0.893. The summed E-state index contributed by atoms with van der Waals surface area (Å²) in [6.45, 7) is 1.34. The molecule has 0 amide bonds. The summed E-state index contributed by atoms with van der Waals surface area (Å²) in [7, 11) is 3.07. The van der Waals surface area contributed by atoms with Gasteiger partial charge in [-0.05, 0) is 41.3 Å². The molecule has 0 spiro atoms. The molecular weight excluding hydrogens is 278 g/mol. The Balaban J connectivity index is 2.24. The molecule has 2 aromatic carbocycles. The number of carbonyl (C=O) groups is 1. The number of esters is 1. The number of carbonyl (C=O) groups excluding carboxylic acids is 1. The molecule has 4 heteroatoms. The smallest absolute Gasteiger partial charge is 0.337 e. The number of ether oxygens (including phenoxy) is 2. The molecule has 0 bridgehead atoms. The van der Waals surface area contributed by atoms with Gasteiger partial charge in [0.25, 0.3) is 0 Å². The largest absolute Gasteiger partial charge is 0.465 e. The first kappa shape index (κ1) is 14.6. The Morgan fingerprint density at radius 3 is 2.77 bits per heavy atom. The minimum atomic E-state index is -0.324. The van der Waals surface area contributed by atoms with Crippen LogP contribution in [0.5, 0.6) is 0 Å². The van der Waals surface area contributed by atoms with Gasteiger partial charge in [0.1, 0.15) is 0 Å². The lowest BCUT2D eigenvalue weighted by molar-refractivity contribution is 0.0600. The van der Waals surface area contributed by atoms with E-state index in [1.807, 2.05) is 24.3 Å². The second-order valence-electron chi connectivity index (χ2n) is 5.31. The molecule has 4 nitrogen and oxygen atoms in total. The number of benzene rings is 2. The molecule has 1 aliphatic rings. The van der Waals surface area contributed by atoms with Gasteiger partial charge in [0, 0.05) is 24.9 Å². The fourth-order valence-electron chi connectivity index (χ4n) is 2.98. The summed E-state index contributed by atoms with van der Waals surface area (Å²) in [6, 6.07) is 12.0. The van der Waals surface area contributed by atoms with E-state index in [0.29, 0.717) is 12.2 Å². The lowest BCUT2D eigenvalue weighted by Crippen LogP contribution is -2.08. The van der Waals surface area contributed by atoms with Gasteiger partial charge in [0.2, 0.25) is 0 Å². The molecule has 0 unspecified atom stereocenters. The van der Waals surface area contributed by atoms with E-state index < -0.39 is 0 Å². The van der Waals surface area contributed by atoms with Gasteiger partial charge >= 0.3 is 5.97 Å². The summed E-state index contributed by atoms with van der Waals surface area (Å²) in [4.78, 5) is 12.0. The van der Waals surface area contributed by atoms with Gasteiger partial charge < -0.3 is 14.8 Å². The summed E-state index contributed by atoms with van der Waals surface area (Å²) >= 11 is 0. The third-order valence-electron chi connectivity index (χ3n) is 3.97. The Morgan fingerprint density at radius 1 is 1.18 bits per heavy atom. The second kappa shape index (κ2) is 6.20. The van der Waals surface area contributed by atoms with Crippen LogP contribution in [0.2, 0.25) is 0 Å². The zero-order valence-electron chi connectivity index (χ0n) is 12.8. The van der Waals surface area contributed by atoms with Crippen LogP contribution in [0.4, 0.5) is 5.69 Å². The molecule has 1 N–H and O–H groups in total. The Bertz CT molecular complexity index is 709. The Morgan fingerprint density at radius 2 is 2.00 bits per heavy atom. The number of methoxy groups -OCH3 is 2. The molecule has 22 heavy (non-hydrogen) atoms. The topological polar surface area (TPSA) is 47.6 Å². The number of anilines is 1. The van der Waals surface area contributed by atoms with E-state index in [0.717, 1.165) is 35.3 Å². The molecule has 0 aromatic heterocycles. The zero-order chi connectivity index (χ0) is 15.5. The monoisotopic (exact) mass is 297 g/mol. The molecular formula is C18H19NO3. The maximum absolute atomic E-state index is 12.0. The molecule has 0 saturated carbocycles. The number of fused-ring (bicyclic) bond motifs is 3. The molecule has 0 radical (unpaired) electrons. The SMILES string of the molecule is COCc1cc(C(=O)OC)cc2c1CCNc1ccccc1-2. The zero-order valence-corrected chi connectivity index (χ0v) is 12.8. The fraction of sp³-hybridized carbons (Fsp3) is 0.278. The molecule has 1 heterocycles. The van der Waals surface area contributed by atoms with Crippen molar-refractivity contribution in [2.75, 3.05) is 26.1 Å². The van der Waals surface area contributed by atoms with Gasteiger partial charge in [-0.15, -0.1) is 0 Å². The number of hydrogen-bond donors (Lipinski definition) is 1. The van der Waals surface area contributed by atoms with E-state index in [4.69, 9.17) is 9.47 Å². The van der Waals surface area contributed by atoms with Crippen LogP contribution in [0.15, 0.2) is 36.4 Å². The van der Waals surface area contributed by atoms with Crippen molar-refractivity contribution in [1.29, 1.82) is 0 Å². The number of nitrogens with one attached hydrogen (secondary N) is 1. The van der Waals surface area contributed by atoms with Crippen LogP contribution < -0.4 is 5.32 Å². The highest BCUT2D eigenvalue weighted by Gasteiger charge is 2.20. The molecule has 0 atom stereocenters. The standard InChI is InChI=1S/C18H19NO3/c1-21-11-13-9-12(18(20)22-2)10-16-14(13)7-8-19-17-6-4-3-5-15(16)17/h3-6,9-10,19H,7-8,11H2,1-2H3. The predicted molar refractivity (Wildman–Crippen MR) is 86.1 cm³/mol. The minimum Gasteiger partial charge on any atom is -0.465 e. The molecule has 0 saturated heterocycles. The number of hydrogen-bond acceptors (Lipinski definition) is 4. The van der Waals surface area contributed by atoms with Crippen LogP contribution in [0.1, 0.15) is 21.5 Å². The third-order valence-corrected chi connectivity index (χ3v) is 3.97. The van der Waals surface area contributed by atoms with E-state index in [1.165, 1.54) is 12.7 Å². The molecule has 3 rings (SSSR count). The normalized spacial score (nSPS) is 12.6. The number of para-hydroxylation sites is 1. The first-order valence-electron chi connectivity index (χ1n) is 7.31. The lowest BCUT2D eigenvalue weighted by Gasteiger charge is -2.15. The quantitative estimate of drug-likeness (QED) is 0.883. The van der Waals surface area contributed by atoms with Gasteiger partial charge in [0.15, 0.2) is 0 Å². The van der Waals surface area contributed by atoms with Crippen molar-refractivity contribution in [2.45, 2.75) is 13.0 Å². The molecule has 114 valence electrons. The number of rotatable bonds is 3. The molecule has 0 aliphatic carbocycles. The highest BCUT2D eigenvalue weighted by molar-refractivity contribution is 5.93. The maximum Gasteiger partial charge on any atom is 0.337 e. The van der Waals surface area contributed by atoms with Crippen LogP contribution in [-0.2, 0) is 22.5 Å². The van der Waals surface area contributed by atoms with Crippen molar-refractivity contribution in [3.05, 3.63) is 53.1 Å². The van der Waals surface area contributed by atoms with E-state index in [-0.39, 0.29) is 5.97 Å². The minimum absolute atomic E-state index is 0.324. The van der Waals surface area contributed by atoms with Gasteiger partial charge in [-0.1, -0.05) is 18.2 Å². The second-order valence-corrected chi connectivity index (χ2v) is 5.31. The summed E-state index contributed by atoms with van der Waals surface area (Å²) in [5.41, 5.74) is 6.11. The molecule has 1 aliphatic heterocycles. The van der Waals surface area contributed by atoms with Crippen molar-refractivity contribution in [3.63, 3.8) is 0 Å². The van der Waals surface area contributed by atoms with Crippen LogP contribution in [0.25, 0.3) is 11.1 Å². The van der Waals surface area contributed by atoms with Crippen molar-refractivity contribution in [2.24, 2.45) is 0 Å². The fourth-order valence-corrected chi connectivity index (χ4v) is 2.98. The lowest BCUT2D eigenvalue weighted by atomic mass is 9.91. The first-order chi connectivity index (χ1) is 10.7. The molecule has 2 aromatic rings. The van der Waals surface area contributed by atoms with Gasteiger partial charge in [-0.25, -0.2) is 4.79 Å². The van der Waals surface area contributed by atoms with Crippen molar-refractivity contribution in [1.82, 2.24) is 0 Å². The van der Waals surface area contributed by atoms with E-state index >= 15 is 0 Å². The van der Waals surface area contributed by atoms with Crippen molar-refractivity contribution in [3.8, 4) is 11.1 Å². The maximum atomic E-state index is 12.0. The Kier molecular flexibility index (Phi) is 4.11. The summed E-state index contributed by atoms with van der Waals surface area (Å²) in [5.74, 6) is -0.324. The van der Waals surface area contributed by atoms with E-state index in [2.05, 4.69) is 17.4 Å². The predicted octanol–water partition coefficient (Wildman–Crippen LogP) is 3.25. The highest BCUT2D eigenvalue weighted by Crippen LogP contribution is 2.36. The highest BCUT2D eigenvalue weighted by atomic mass is 16.5. The van der Waals surface area contributed by atoms with E-state index in [9.17, 15) is 4.79 Å². The summed E-state index contributed by atoms with van der Waals surface area (Å²) < 4.78 is 10.2. The van der Waals surface area contributed by atoms with Crippen LogP contribution in [-0.4, -0.2) is 26.7 Å². The Hall–Kier alpha value is -2.33. The average Bonchev–Trinajstić information content (AvgIpc) is 2.74. The van der Waals surface area contributed by atoms with Gasteiger partial charge in [-0.3, -0.25) is 0 Å². The van der Waals surface area contributed by atoms with Crippen LogP contribution in [0.3, 0.4) is 0 Å². The van der Waals surface area contributed by atoms with Crippen molar-refractivity contribution < 1.29 is 14.3 Å². The summed E-state index contributed by atoms with van der Waals surface area (Å²) in [5, 5.41) is 3.45. The van der Waals surface area contributed by atoms with Gasteiger partial charge in [0.05, 0.1) is 19.3 Å². The van der Waals surface area contributed by atoms with Crippen LogP contribution in [0, 0.1) is 0 Å². The average molecular weight is 297 g/mol. The molecule has 0 fully saturated rings. The van der Waals surface area contributed by atoms with Crippen LogP contribution >= 0.6 is 0 Å². The third kappa shape index (κ3) is 2.57. The van der Waals surface area contributed by atoms with E-state index in [1.54, 1.807) is 7.11 Å².